The molecule has 2 aromatic rings. The van der Waals surface area contributed by atoms with Crippen LogP contribution in [0.1, 0.15) is 27.2 Å². The van der Waals surface area contributed by atoms with Gasteiger partial charge in [-0.25, -0.2) is 4.98 Å². The minimum Gasteiger partial charge on any atom is -0.365 e. The molecule has 25 heavy (non-hydrogen) atoms. The number of benzene rings is 1. The highest BCUT2D eigenvalue weighted by atomic mass is 35.5. The molecule has 0 spiro atoms. The smallest absolute Gasteiger partial charge is 0.219 e. The van der Waals surface area contributed by atoms with E-state index < -0.39 is 0 Å². The van der Waals surface area contributed by atoms with Crippen LogP contribution in [0.25, 0.3) is 10.2 Å². The Morgan fingerprint density at radius 3 is 2.68 bits per heavy atom. The highest BCUT2D eigenvalue weighted by Crippen LogP contribution is 2.38. The van der Waals surface area contributed by atoms with Gasteiger partial charge < -0.3 is 9.80 Å². The molecule has 8 heteroatoms. The molecule has 2 heterocycles. The zero-order chi connectivity index (χ0) is 18.0. The summed E-state index contributed by atoms with van der Waals surface area (Å²) in [6.45, 7) is 8.58. The predicted molar refractivity (Wildman–Crippen MR) is 106 cm³/mol. The van der Waals surface area contributed by atoms with Crippen LogP contribution in [-0.2, 0) is 4.79 Å². The van der Waals surface area contributed by atoms with Crippen LogP contribution in [0.15, 0.2) is 17.2 Å². The summed E-state index contributed by atoms with van der Waals surface area (Å²) in [5.74, 6) is 0.119. The number of nitrogens with zero attached hydrogens (tertiary/aromatic N) is 4. The zero-order valence-corrected chi connectivity index (χ0v) is 16.2. The van der Waals surface area contributed by atoms with Crippen LogP contribution in [0.3, 0.4) is 0 Å². The molecule has 0 bridgehead atoms. The summed E-state index contributed by atoms with van der Waals surface area (Å²) in [5, 5.41) is 5.77. The van der Waals surface area contributed by atoms with Crippen LogP contribution in [-0.4, -0.2) is 47.7 Å². The van der Waals surface area contributed by atoms with Crippen molar-refractivity contribution < 1.29 is 4.79 Å². The van der Waals surface area contributed by atoms with Crippen LogP contribution in [0.5, 0.6) is 0 Å². The van der Waals surface area contributed by atoms with Crippen LogP contribution < -0.4 is 10.3 Å². The van der Waals surface area contributed by atoms with E-state index in [2.05, 4.69) is 22.4 Å². The molecular formula is C17H22ClN5OS. The zero-order valence-electron chi connectivity index (χ0n) is 14.7. The molecule has 3 rings (SSSR count). The average molecular weight is 380 g/mol. The van der Waals surface area contributed by atoms with Crippen LogP contribution >= 0.6 is 22.9 Å². The lowest BCUT2D eigenvalue weighted by Gasteiger charge is -2.36. The first-order chi connectivity index (χ1) is 12.0. The maximum absolute atomic E-state index is 11.5. The Bertz CT molecular complexity index is 811. The quantitative estimate of drug-likeness (QED) is 0.648. The van der Waals surface area contributed by atoms with Gasteiger partial charge in [0.15, 0.2) is 0 Å². The SMILES string of the molecule is CC/C(C)=N/Nc1nc2c(N3CCN(C(C)=O)CC3)c(Cl)ccc2s1. The third kappa shape index (κ3) is 3.88. The second-order valence-corrected chi connectivity index (χ2v) is 7.51. The number of amides is 1. The second-order valence-electron chi connectivity index (χ2n) is 6.07. The lowest BCUT2D eigenvalue weighted by Crippen LogP contribution is -2.48. The molecule has 0 radical (unpaired) electrons. The largest absolute Gasteiger partial charge is 0.365 e. The van der Waals surface area contributed by atoms with Crippen LogP contribution in [0, 0.1) is 0 Å². The van der Waals surface area contributed by atoms with Crippen molar-refractivity contribution in [1.82, 2.24) is 9.88 Å². The van der Waals surface area contributed by atoms with Gasteiger partial charge in [-0.3, -0.25) is 10.2 Å². The van der Waals surface area contributed by atoms with Crippen molar-refractivity contribution in [2.45, 2.75) is 27.2 Å². The minimum absolute atomic E-state index is 0.119. The number of hydrogen-bond donors (Lipinski definition) is 1. The fourth-order valence-electron chi connectivity index (χ4n) is 2.77. The van der Waals surface area contributed by atoms with Gasteiger partial charge in [0.1, 0.15) is 5.52 Å². The van der Waals surface area contributed by atoms with Crippen molar-refractivity contribution in [2.24, 2.45) is 5.10 Å². The standard InChI is InChI=1S/C17H22ClN5OS/c1-4-11(2)20-21-17-19-15-14(25-17)6-5-13(18)16(15)23-9-7-22(8-10-23)12(3)24/h5-6H,4,7-10H2,1-3H3,(H,19,21)/b20-11+. The number of hydrazone groups is 1. The Labute approximate surface area is 156 Å². The van der Waals surface area contributed by atoms with Crippen molar-refractivity contribution in [3.63, 3.8) is 0 Å². The molecule has 1 fully saturated rings. The normalized spacial score (nSPS) is 15.8. The topological polar surface area (TPSA) is 60.8 Å². The Hall–Kier alpha value is -1.86. The summed E-state index contributed by atoms with van der Waals surface area (Å²) in [4.78, 5) is 20.3. The molecule has 134 valence electrons. The molecule has 0 atom stereocenters. The van der Waals surface area contributed by atoms with E-state index in [1.54, 1.807) is 18.3 Å². The molecule has 0 saturated carbocycles. The van der Waals surface area contributed by atoms with Gasteiger partial charge in [0.05, 0.1) is 15.4 Å². The van der Waals surface area contributed by atoms with Gasteiger partial charge in [0, 0.05) is 38.8 Å². The van der Waals surface area contributed by atoms with Crippen LogP contribution in [0.4, 0.5) is 10.8 Å². The summed E-state index contributed by atoms with van der Waals surface area (Å²) in [7, 11) is 0. The Morgan fingerprint density at radius 1 is 1.32 bits per heavy atom. The van der Waals surface area contributed by atoms with Crippen molar-refractivity contribution in [2.75, 3.05) is 36.5 Å². The second kappa shape index (κ2) is 7.58. The Kier molecular flexibility index (Phi) is 5.44. The number of fused-ring (bicyclic) bond motifs is 1. The Balaban J connectivity index is 1.88. The van der Waals surface area contributed by atoms with E-state index in [0.29, 0.717) is 18.1 Å². The highest BCUT2D eigenvalue weighted by molar-refractivity contribution is 7.22. The summed E-state index contributed by atoms with van der Waals surface area (Å²) in [6.07, 6.45) is 0.898. The number of aromatic nitrogens is 1. The summed E-state index contributed by atoms with van der Waals surface area (Å²) in [6, 6.07) is 3.91. The molecule has 0 aliphatic carbocycles. The molecule has 1 amide bonds. The number of hydrogen-bond acceptors (Lipinski definition) is 6. The number of carbonyl (C=O) groups excluding carboxylic acids is 1. The molecule has 6 nitrogen and oxygen atoms in total. The van der Waals surface area contributed by atoms with Crippen molar-refractivity contribution in [3.05, 3.63) is 17.2 Å². The summed E-state index contributed by atoms with van der Waals surface area (Å²) < 4.78 is 1.07. The first-order valence-electron chi connectivity index (χ1n) is 8.38. The van der Waals surface area contributed by atoms with Gasteiger partial charge in [-0.05, 0) is 25.5 Å². The molecule has 1 aliphatic rings. The molecule has 1 N–H and O–H groups in total. The van der Waals surface area contributed by atoms with Gasteiger partial charge in [-0.1, -0.05) is 29.9 Å². The molecule has 1 aromatic carbocycles. The number of rotatable bonds is 4. The number of nitrogens with one attached hydrogen (secondary N) is 1. The van der Waals surface area contributed by atoms with E-state index in [4.69, 9.17) is 16.6 Å². The summed E-state index contributed by atoms with van der Waals surface area (Å²) >= 11 is 8.05. The number of carbonyl (C=O) groups is 1. The molecular weight excluding hydrogens is 358 g/mol. The predicted octanol–water partition coefficient (Wildman–Crippen LogP) is 3.82. The van der Waals surface area contributed by atoms with Crippen molar-refractivity contribution in [1.29, 1.82) is 0 Å². The monoisotopic (exact) mass is 379 g/mol. The highest BCUT2D eigenvalue weighted by Gasteiger charge is 2.23. The lowest BCUT2D eigenvalue weighted by atomic mass is 10.2. The maximum atomic E-state index is 11.5. The van der Waals surface area contributed by atoms with E-state index in [-0.39, 0.29) is 5.91 Å². The number of halogens is 1. The fraction of sp³-hybridized carbons (Fsp3) is 0.471. The number of thiazole rings is 1. The van der Waals surface area contributed by atoms with Crippen LogP contribution in [0.2, 0.25) is 5.02 Å². The molecule has 1 aliphatic heterocycles. The van der Waals surface area contributed by atoms with E-state index in [1.165, 1.54) is 0 Å². The van der Waals surface area contributed by atoms with E-state index in [9.17, 15) is 4.79 Å². The molecule has 1 aromatic heterocycles. The molecule has 0 unspecified atom stereocenters. The fourth-order valence-corrected chi connectivity index (χ4v) is 3.85. The van der Waals surface area contributed by atoms with Gasteiger partial charge in [0.25, 0.3) is 0 Å². The third-order valence-electron chi connectivity index (χ3n) is 4.38. The van der Waals surface area contributed by atoms with Gasteiger partial charge in [0.2, 0.25) is 11.0 Å². The van der Waals surface area contributed by atoms with Gasteiger partial charge >= 0.3 is 0 Å². The van der Waals surface area contributed by atoms with E-state index >= 15 is 0 Å². The van der Waals surface area contributed by atoms with E-state index in [1.807, 2.05) is 24.0 Å². The molecule has 1 saturated heterocycles. The van der Waals surface area contributed by atoms with E-state index in [0.717, 1.165) is 46.3 Å². The minimum atomic E-state index is 0.119. The lowest BCUT2D eigenvalue weighted by molar-refractivity contribution is -0.129. The average Bonchev–Trinajstić information content (AvgIpc) is 3.02. The Morgan fingerprint density at radius 2 is 2.04 bits per heavy atom. The summed E-state index contributed by atoms with van der Waals surface area (Å²) in [5.41, 5.74) is 5.90. The first-order valence-corrected chi connectivity index (χ1v) is 9.57. The number of anilines is 2. The van der Waals surface area contributed by atoms with Crippen molar-refractivity contribution >= 4 is 55.6 Å². The third-order valence-corrected chi connectivity index (χ3v) is 5.61. The maximum Gasteiger partial charge on any atom is 0.219 e. The van der Waals surface area contributed by atoms with Gasteiger partial charge in [-0.2, -0.15) is 5.10 Å². The number of piperazine rings is 1. The first kappa shape index (κ1) is 17.9. The van der Waals surface area contributed by atoms with Crippen molar-refractivity contribution in [3.8, 4) is 0 Å². The van der Waals surface area contributed by atoms with Gasteiger partial charge in [-0.15, -0.1) is 0 Å².